The third kappa shape index (κ3) is 4.56. The Morgan fingerprint density at radius 1 is 0.731 bits per heavy atom. The van der Waals surface area contributed by atoms with Crippen LogP contribution in [0.5, 0.6) is 0 Å². The van der Waals surface area contributed by atoms with E-state index in [4.69, 9.17) is 0 Å². The number of piperidine rings is 1. The number of hydrogen-bond acceptors (Lipinski definition) is 1. The van der Waals surface area contributed by atoms with Crippen molar-refractivity contribution in [1.82, 2.24) is 4.81 Å². The van der Waals surface area contributed by atoms with Gasteiger partial charge in [0.15, 0.2) is 0 Å². The van der Waals surface area contributed by atoms with Gasteiger partial charge in [0.25, 0.3) is 0 Å². The van der Waals surface area contributed by atoms with Gasteiger partial charge < -0.3 is 0 Å². The van der Waals surface area contributed by atoms with Gasteiger partial charge in [0.05, 0.1) is 0 Å². The molecule has 0 amide bonds. The van der Waals surface area contributed by atoms with E-state index in [2.05, 4.69) is 107 Å². The molecule has 1 aliphatic rings. The Bertz CT molecular complexity index is 505. The van der Waals surface area contributed by atoms with E-state index in [1.54, 1.807) is 0 Å². The van der Waals surface area contributed by atoms with Crippen molar-refractivity contribution in [3.63, 3.8) is 0 Å². The van der Waals surface area contributed by atoms with Gasteiger partial charge in [-0.2, -0.15) is 0 Å². The van der Waals surface area contributed by atoms with Gasteiger partial charge in [-0.05, 0) is 0 Å². The minimum atomic E-state index is -1.42. The molecule has 0 aromatic carbocycles. The van der Waals surface area contributed by atoms with Gasteiger partial charge in [0.2, 0.25) is 0 Å². The second-order valence-electron chi connectivity index (χ2n) is 13.1. The van der Waals surface area contributed by atoms with Crippen molar-refractivity contribution >= 4 is 29.1 Å². The Balaban J connectivity index is 3.73. The summed E-state index contributed by atoms with van der Waals surface area (Å²) in [4.78, 5) is 2.86. The maximum absolute atomic E-state index is 2.90. The quantitative estimate of drug-likeness (QED) is 0.463. The van der Waals surface area contributed by atoms with Crippen LogP contribution in [0.15, 0.2) is 0 Å². The van der Waals surface area contributed by atoms with Gasteiger partial charge in [-0.1, -0.05) is 0 Å². The van der Waals surface area contributed by atoms with E-state index in [1.165, 1.54) is 19.3 Å². The van der Waals surface area contributed by atoms with E-state index in [0.717, 1.165) is 0 Å². The molecular weight excluding hydrogens is 361 g/mol. The SMILES string of the molecule is CC1(C)CCCC(C)(C)N1B=[Si]([Si](C)(C)C(C)(C)C)[Si](C)(C)C(C)(C)C. The average molecular weight is 410 g/mol. The number of rotatable bonds is 3. The Labute approximate surface area is 169 Å². The Hall–Kier alpha value is 0.516. The molecular formula is C21H48BNSi3. The first kappa shape index (κ1) is 24.6. The standard InChI is InChI=1S/C21H48BNSi3/c1-18(2,3)25(11,12)24(26(13,14)19(4,5)6)22-23-20(7,8)16-15-17-21(23,9)10/h15-17H2,1-14H3. The van der Waals surface area contributed by atoms with Gasteiger partial charge in [-0.3, -0.25) is 0 Å². The first-order valence-corrected chi connectivity index (χ1v) is 20.3. The zero-order valence-electron chi connectivity index (χ0n) is 20.6. The molecule has 0 unspecified atom stereocenters. The van der Waals surface area contributed by atoms with E-state index in [1.807, 2.05) is 0 Å². The zero-order chi connectivity index (χ0) is 21.0. The molecule has 1 aliphatic heterocycles. The van der Waals surface area contributed by atoms with Crippen molar-refractivity contribution in [3.8, 4) is 0 Å². The van der Waals surface area contributed by atoms with Crippen LogP contribution < -0.4 is 0 Å². The summed E-state index contributed by atoms with van der Waals surface area (Å²) < 4.78 is 0. The van der Waals surface area contributed by atoms with Gasteiger partial charge in [0, 0.05) is 0 Å². The van der Waals surface area contributed by atoms with Crippen molar-refractivity contribution in [3.05, 3.63) is 0 Å². The fourth-order valence-electron chi connectivity index (χ4n) is 4.40. The second kappa shape index (κ2) is 7.09. The van der Waals surface area contributed by atoms with Crippen molar-refractivity contribution in [1.29, 1.82) is 0 Å². The van der Waals surface area contributed by atoms with Crippen molar-refractivity contribution < 1.29 is 0 Å². The molecule has 0 saturated carbocycles. The van der Waals surface area contributed by atoms with Crippen LogP contribution in [0.1, 0.15) is 88.5 Å². The molecule has 5 heteroatoms. The molecule has 1 heterocycles. The zero-order valence-corrected chi connectivity index (χ0v) is 23.6. The van der Waals surface area contributed by atoms with E-state index in [-0.39, 0.29) is 0 Å². The molecule has 0 aromatic rings. The van der Waals surface area contributed by atoms with Crippen LogP contribution in [0.4, 0.5) is 0 Å². The van der Waals surface area contributed by atoms with Crippen LogP contribution in [-0.2, 0) is 0 Å². The molecule has 0 spiro atoms. The summed E-state index contributed by atoms with van der Waals surface area (Å²) in [6.07, 6.45) is 4.03. The third-order valence-corrected chi connectivity index (χ3v) is 43.6. The summed E-state index contributed by atoms with van der Waals surface area (Å²) in [5, 5.41) is 0.911. The summed E-state index contributed by atoms with van der Waals surface area (Å²) in [6.45, 7) is 38.8. The fourth-order valence-corrected chi connectivity index (χ4v) is 42.2. The van der Waals surface area contributed by atoms with Crippen LogP contribution in [-0.4, -0.2) is 45.0 Å². The van der Waals surface area contributed by atoms with E-state index in [9.17, 15) is 0 Å². The molecule has 0 atom stereocenters. The molecule has 1 nitrogen and oxygen atoms in total. The maximum atomic E-state index is 2.90. The number of nitrogens with zero attached hydrogens (tertiary/aromatic N) is 1. The minimum absolute atomic E-state index is 0.294. The Morgan fingerprint density at radius 2 is 1.04 bits per heavy atom. The summed E-state index contributed by atoms with van der Waals surface area (Å²) in [7, 11) is -3.42. The van der Waals surface area contributed by atoms with E-state index < -0.39 is 22.5 Å². The van der Waals surface area contributed by atoms with Crippen LogP contribution in [0, 0.1) is 0 Å². The Kier molecular flexibility index (Phi) is 6.69. The summed E-state index contributed by atoms with van der Waals surface area (Å²) in [5.74, 6) is 0. The van der Waals surface area contributed by atoms with Crippen molar-refractivity contribution in [2.75, 3.05) is 0 Å². The molecule has 0 aromatic heterocycles. The number of hydrogen-bond donors (Lipinski definition) is 0. The van der Waals surface area contributed by atoms with Gasteiger partial charge in [-0.15, -0.1) is 0 Å². The third-order valence-electron chi connectivity index (χ3n) is 8.24. The predicted molar refractivity (Wildman–Crippen MR) is 130 cm³/mol. The van der Waals surface area contributed by atoms with Gasteiger partial charge in [0.1, 0.15) is 0 Å². The molecule has 0 radical (unpaired) electrons. The van der Waals surface area contributed by atoms with Crippen molar-refractivity contribution in [2.45, 2.75) is 136 Å². The molecule has 1 fully saturated rings. The van der Waals surface area contributed by atoms with Crippen LogP contribution >= 0.6 is 0 Å². The first-order valence-electron chi connectivity index (χ1n) is 10.7. The monoisotopic (exact) mass is 409 g/mol. The molecule has 0 bridgehead atoms. The second-order valence-corrected chi connectivity index (χ2v) is 36.0. The Morgan fingerprint density at radius 3 is 1.31 bits per heavy atom. The van der Waals surface area contributed by atoms with Crippen LogP contribution in [0.25, 0.3) is 0 Å². The molecule has 26 heavy (non-hydrogen) atoms. The van der Waals surface area contributed by atoms with Crippen LogP contribution in [0.3, 0.4) is 0 Å². The van der Waals surface area contributed by atoms with Gasteiger partial charge >= 0.3 is 170 Å². The van der Waals surface area contributed by atoms with Crippen LogP contribution in [0.2, 0.25) is 36.3 Å². The predicted octanol–water partition coefficient (Wildman–Crippen LogP) is 6.81. The molecule has 1 saturated heterocycles. The average Bonchev–Trinajstić information content (AvgIpc) is 2.33. The molecule has 0 aliphatic carbocycles. The summed E-state index contributed by atoms with van der Waals surface area (Å²) in [5.41, 5.74) is 0.588. The summed E-state index contributed by atoms with van der Waals surface area (Å²) in [6, 6.07) is 0. The first-order chi connectivity index (χ1) is 11.2. The topological polar surface area (TPSA) is 3.24 Å². The molecule has 152 valence electrons. The van der Waals surface area contributed by atoms with Crippen molar-refractivity contribution in [2.24, 2.45) is 0 Å². The normalized spacial score (nSPS) is 21.4. The molecule has 1 rings (SSSR count). The van der Waals surface area contributed by atoms with E-state index >= 15 is 0 Å². The molecule has 0 N–H and O–H groups in total. The summed E-state index contributed by atoms with van der Waals surface area (Å²) >= 11 is 0. The fraction of sp³-hybridized carbons (Fsp3) is 1.00. The van der Waals surface area contributed by atoms with E-state index in [0.29, 0.717) is 21.2 Å². The van der Waals surface area contributed by atoms with Gasteiger partial charge in [-0.25, -0.2) is 0 Å².